The van der Waals surface area contributed by atoms with Crippen molar-refractivity contribution in [2.24, 2.45) is 0 Å². The zero-order valence-corrected chi connectivity index (χ0v) is 20.6. The van der Waals surface area contributed by atoms with Gasteiger partial charge in [0.15, 0.2) is 0 Å². The summed E-state index contributed by atoms with van der Waals surface area (Å²) in [5.74, 6) is -1.14. The number of rotatable bonds is 8. The number of benzene rings is 4. The molecule has 0 saturated heterocycles. The molecule has 0 heterocycles. The fourth-order valence-electron chi connectivity index (χ4n) is 4.48. The van der Waals surface area contributed by atoms with Gasteiger partial charge in [-0.1, -0.05) is 97.4 Å². The van der Waals surface area contributed by atoms with Crippen LogP contribution >= 0.6 is 0 Å². The minimum absolute atomic E-state index is 0.00256. The normalized spacial score (nSPS) is 11.6. The molecule has 4 rings (SSSR count). The van der Waals surface area contributed by atoms with Gasteiger partial charge in [0.1, 0.15) is 5.82 Å². The minimum atomic E-state index is -4.74. The lowest BCUT2D eigenvalue weighted by Crippen LogP contribution is -2.15. The molecular weight excluding hydrogens is 460 g/mol. The van der Waals surface area contributed by atoms with Crippen LogP contribution in [0.4, 0.5) is 17.6 Å². The molecule has 0 atom stereocenters. The van der Waals surface area contributed by atoms with Crippen molar-refractivity contribution in [2.45, 2.75) is 52.1 Å². The maximum absolute atomic E-state index is 15.1. The van der Waals surface area contributed by atoms with Crippen molar-refractivity contribution in [3.63, 3.8) is 0 Å². The maximum atomic E-state index is 15.1. The van der Waals surface area contributed by atoms with Crippen LogP contribution < -0.4 is 0 Å². The Kier molecular flexibility index (Phi) is 7.93. The summed E-state index contributed by atoms with van der Waals surface area (Å²) in [5, 5.41) is 0. The van der Waals surface area contributed by atoms with E-state index in [9.17, 15) is 13.2 Å². The van der Waals surface area contributed by atoms with Crippen LogP contribution in [0, 0.1) is 12.7 Å². The largest absolute Gasteiger partial charge is 0.419 e. The van der Waals surface area contributed by atoms with Crippen LogP contribution in [0.2, 0.25) is 0 Å². The van der Waals surface area contributed by atoms with Crippen LogP contribution in [0.5, 0.6) is 0 Å². The van der Waals surface area contributed by atoms with E-state index in [-0.39, 0.29) is 24.0 Å². The second-order valence-electron chi connectivity index (χ2n) is 9.30. The smallest absolute Gasteiger partial charge is 0.206 e. The molecule has 36 heavy (non-hydrogen) atoms. The Morgan fingerprint density at radius 3 is 1.50 bits per heavy atom. The van der Waals surface area contributed by atoms with Crippen LogP contribution in [-0.4, -0.2) is 0 Å². The standard InChI is InChI=1S/C32H30F4/c1-3-23-8-14-26(15-9-23)27-16-10-25(11-17-27)13-19-29-21-20-28(30(31(29)33)32(34,35)36)18-12-24-6-4-22(2)5-7-24/h4-11,14-17,20-21H,3,12-13,18-19H2,1-2H3. The van der Waals surface area contributed by atoms with E-state index in [0.29, 0.717) is 12.8 Å². The lowest BCUT2D eigenvalue weighted by molar-refractivity contribution is -0.140. The first-order chi connectivity index (χ1) is 17.2. The van der Waals surface area contributed by atoms with Crippen LogP contribution in [0.1, 0.15) is 45.9 Å². The summed E-state index contributed by atoms with van der Waals surface area (Å²) in [4.78, 5) is 0. The van der Waals surface area contributed by atoms with Gasteiger partial charge in [0.05, 0.1) is 5.56 Å². The van der Waals surface area contributed by atoms with E-state index in [2.05, 4.69) is 31.2 Å². The number of aryl methyl sites for hydroxylation is 6. The van der Waals surface area contributed by atoms with Gasteiger partial charge in [-0.2, -0.15) is 13.2 Å². The van der Waals surface area contributed by atoms with E-state index in [0.717, 1.165) is 34.2 Å². The third-order valence-electron chi connectivity index (χ3n) is 6.73. The van der Waals surface area contributed by atoms with Gasteiger partial charge < -0.3 is 0 Å². The highest BCUT2D eigenvalue weighted by molar-refractivity contribution is 5.64. The van der Waals surface area contributed by atoms with E-state index in [1.165, 1.54) is 17.7 Å². The molecule has 4 heteroatoms. The van der Waals surface area contributed by atoms with Crippen molar-refractivity contribution in [2.75, 3.05) is 0 Å². The fourth-order valence-corrected chi connectivity index (χ4v) is 4.48. The van der Waals surface area contributed by atoms with Crippen LogP contribution in [0.15, 0.2) is 84.9 Å². The maximum Gasteiger partial charge on any atom is 0.419 e. The van der Waals surface area contributed by atoms with Gasteiger partial charge >= 0.3 is 6.18 Å². The highest BCUT2D eigenvalue weighted by atomic mass is 19.4. The van der Waals surface area contributed by atoms with Gasteiger partial charge in [0.25, 0.3) is 0 Å². The molecule has 0 saturated carbocycles. The second-order valence-corrected chi connectivity index (χ2v) is 9.30. The number of alkyl halides is 3. The van der Waals surface area contributed by atoms with Gasteiger partial charge in [0, 0.05) is 0 Å². The Labute approximate surface area is 210 Å². The van der Waals surface area contributed by atoms with E-state index >= 15 is 4.39 Å². The summed E-state index contributed by atoms with van der Waals surface area (Å²) in [6.07, 6.45) is -2.52. The quantitative estimate of drug-likeness (QED) is 0.216. The van der Waals surface area contributed by atoms with E-state index in [4.69, 9.17) is 0 Å². The van der Waals surface area contributed by atoms with Crippen molar-refractivity contribution in [1.29, 1.82) is 0 Å². The van der Waals surface area contributed by atoms with Crippen LogP contribution in [-0.2, 0) is 38.3 Å². The third-order valence-corrected chi connectivity index (χ3v) is 6.73. The first kappa shape index (κ1) is 25.7. The Morgan fingerprint density at radius 1 is 0.556 bits per heavy atom. The van der Waals surface area contributed by atoms with E-state index in [1.54, 1.807) is 0 Å². The summed E-state index contributed by atoms with van der Waals surface area (Å²) >= 11 is 0. The predicted octanol–water partition coefficient (Wildman–Crippen LogP) is 8.95. The zero-order chi connectivity index (χ0) is 25.7. The van der Waals surface area contributed by atoms with Gasteiger partial charge in [0.2, 0.25) is 0 Å². The molecular formula is C32H30F4. The summed E-state index contributed by atoms with van der Waals surface area (Å²) < 4.78 is 56.7. The average molecular weight is 491 g/mol. The lowest BCUT2D eigenvalue weighted by atomic mass is 9.94. The van der Waals surface area contributed by atoms with Crippen molar-refractivity contribution in [1.82, 2.24) is 0 Å². The van der Waals surface area contributed by atoms with Crippen molar-refractivity contribution in [3.8, 4) is 11.1 Å². The predicted molar refractivity (Wildman–Crippen MR) is 139 cm³/mol. The SMILES string of the molecule is CCc1ccc(-c2ccc(CCc3ccc(CCc4ccc(C)cc4)c(C(F)(F)F)c3F)cc2)cc1. The molecule has 186 valence electrons. The summed E-state index contributed by atoms with van der Waals surface area (Å²) in [6.45, 7) is 4.07. The highest BCUT2D eigenvalue weighted by Crippen LogP contribution is 2.36. The number of hydrogen-bond donors (Lipinski definition) is 0. The molecule has 0 aliphatic rings. The molecule has 0 aliphatic heterocycles. The van der Waals surface area contributed by atoms with Crippen molar-refractivity contribution >= 4 is 0 Å². The van der Waals surface area contributed by atoms with Crippen molar-refractivity contribution in [3.05, 3.63) is 130 Å². The van der Waals surface area contributed by atoms with E-state index < -0.39 is 17.6 Å². The molecule has 0 unspecified atom stereocenters. The summed E-state index contributed by atoms with van der Waals surface area (Å²) in [7, 11) is 0. The molecule has 4 aromatic rings. The second kappa shape index (κ2) is 11.1. The molecule has 4 aromatic carbocycles. The summed E-state index contributed by atoms with van der Waals surface area (Å²) in [5.41, 5.74) is 5.41. The van der Waals surface area contributed by atoms with Crippen LogP contribution in [0.3, 0.4) is 0 Å². The van der Waals surface area contributed by atoms with Gasteiger partial charge in [-0.3, -0.25) is 0 Å². The molecule has 0 spiro atoms. The Hall–Kier alpha value is -3.40. The Bertz CT molecular complexity index is 1280. The number of hydrogen-bond acceptors (Lipinski definition) is 0. The van der Waals surface area contributed by atoms with Crippen molar-refractivity contribution < 1.29 is 17.6 Å². The van der Waals surface area contributed by atoms with Gasteiger partial charge in [-0.25, -0.2) is 4.39 Å². The first-order valence-corrected chi connectivity index (χ1v) is 12.4. The minimum Gasteiger partial charge on any atom is -0.206 e. The topological polar surface area (TPSA) is 0 Å². The highest BCUT2D eigenvalue weighted by Gasteiger charge is 2.37. The van der Waals surface area contributed by atoms with Crippen LogP contribution in [0.25, 0.3) is 11.1 Å². The van der Waals surface area contributed by atoms with Gasteiger partial charge in [-0.05, 0) is 78.0 Å². The third kappa shape index (κ3) is 6.23. The molecule has 0 amide bonds. The molecule has 0 fully saturated rings. The Morgan fingerprint density at radius 2 is 1.00 bits per heavy atom. The molecule has 0 aliphatic carbocycles. The lowest BCUT2D eigenvalue weighted by Gasteiger charge is -2.17. The molecule has 0 bridgehead atoms. The van der Waals surface area contributed by atoms with E-state index in [1.807, 2.05) is 55.5 Å². The fraction of sp³-hybridized carbons (Fsp3) is 0.250. The average Bonchev–Trinajstić information content (AvgIpc) is 2.87. The zero-order valence-electron chi connectivity index (χ0n) is 20.6. The Balaban J connectivity index is 1.47. The molecule has 0 aromatic heterocycles. The number of halogens is 4. The molecule has 0 radical (unpaired) electrons. The van der Waals surface area contributed by atoms with Gasteiger partial charge in [-0.15, -0.1) is 0 Å². The summed E-state index contributed by atoms with van der Waals surface area (Å²) in [6, 6.07) is 26.9. The first-order valence-electron chi connectivity index (χ1n) is 12.4. The monoisotopic (exact) mass is 490 g/mol. The molecule has 0 N–H and O–H groups in total. The molecule has 0 nitrogen and oxygen atoms in total.